The molecule has 2 aliphatic rings. The molecule has 0 unspecified atom stereocenters. The van der Waals surface area contributed by atoms with Crippen LogP contribution >= 0.6 is 0 Å². The largest absolute Gasteiger partial charge is 0.385 e. The molecule has 0 atom stereocenters. The minimum absolute atomic E-state index is 0.401. The van der Waals surface area contributed by atoms with Gasteiger partial charge < -0.3 is 5.32 Å². The van der Waals surface area contributed by atoms with Crippen molar-refractivity contribution in [3.63, 3.8) is 0 Å². The van der Waals surface area contributed by atoms with Crippen LogP contribution in [0.4, 0.5) is 5.69 Å². The van der Waals surface area contributed by atoms with Crippen LogP contribution in [0.2, 0.25) is 0 Å². The average molecular weight is 292 g/mol. The minimum Gasteiger partial charge on any atom is -0.385 e. The van der Waals surface area contributed by atoms with Crippen molar-refractivity contribution in [1.82, 2.24) is 4.31 Å². The number of benzene rings is 1. The Morgan fingerprint density at radius 1 is 1.25 bits per heavy atom. The number of anilines is 1. The Kier molecular flexibility index (Phi) is 3.56. The summed E-state index contributed by atoms with van der Waals surface area (Å²) in [6, 6.07) is 5.47. The van der Waals surface area contributed by atoms with Crippen LogP contribution in [0.1, 0.15) is 25.3 Å². The van der Waals surface area contributed by atoms with Gasteiger partial charge in [-0.05, 0) is 43.9 Å². The number of rotatable bonds is 2. The monoisotopic (exact) mass is 292 g/mol. The highest BCUT2D eigenvalue weighted by Gasteiger charge is 2.26. The molecule has 0 saturated carbocycles. The SMILES string of the molecule is CC1=CCN(S(=O)(=O)c2ccc3c(c2)NCCC3)CC1. The molecule has 5 heteroatoms. The smallest absolute Gasteiger partial charge is 0.243 e. The Morgan fingerprint density at radius 2 is 2.10 bits per heavy atom. The summed E-state index contributed by atoms with van der Waals surface area (Å²) < 4.78 is 26.9. The van der Waals surface area contributed by atoms with Crippen molar-refractivity contribution < 1.29 is 8.42 Å². The highest BCUT2D eigenvalue weighted by atomic mass is 32.2. The first-order valence-electron chi connectivity index (χ1n) is 7.10. The van der Waals surface area contributed by atoms with E-state index in [1.165, 1.54) is 11.1 Å². The van der Waals surface area contributed by atoms with Crippen LogP contribution in [0.5, 0.6) is 0 Å². The maximum absolute atomic E-state index is 12.6. The molecular formula is C15H20N2O2S. The van der Waals surface area contributed by atoms with Gasteiger partial charge in [0.15, 0.2) is 0 Å². The first-order valence-corrected chi connectivity index (χ1v) is 8.54. The number of hydrogen-bond acceptors (Lipinski definition) is 3. The quantitative estimate of drug-likeness (QED) is 0.852. The van der Waals surface area contributed by atoms with Crippen molar-refractivity contribution in [2.45, 2.75) is 31.1 Å². The van der Waals surface area contributed by atoms with Crippen molar-refractivity contribution in [2.24, 2.45) is 0 Å². The summed E-state index contributed by atoms with van der Waals surface area (Å²) in [5, 5.41) is 3.29. The standard InChI is InChI=1S/C15H20N2O2S/c1-12-6-9-17(10-7-12)20(18,19)14-5-4-13-3-2-8-16-15(13)11-14/h4-6,11,16H,2-3,7-10H2,1H3. The number of nitrogens with zero attached hydrogens (tertiary/aromatic N) is 1. The van der Waals surface area contributed by atoms with Gasteiger partial charge in [-0.15, -0.1) is 0 Å². The van der Waals surface area contributed by atoms with E-state index in [-0.39, 0.29) is 0 Å². The van der Waals surface area contributed by atoms with Crippen LogP contribution < -0.4 is 5.32 Å². The van der Waals surface area contributed by atoms with Crippen molar-refractivity contribution in [1.29, 1.82) is 0 Å². The minimum atomic E-state index is -3.37. The lowest BCUT2D eigenvalue weighted by Crippen LogP contribution is -2.34. The molecular weight excluding hydrogens is 272 g/mol. The van der Waals surface area contributed by atoms with Gasteiger partial charge in [0.1, 0.15) is 0 Å². The first kappa shape index (κ1) is 13.6. The predicted molar refractivity (Wildman–Crippen MR) is 80.4 cm³/mol. The lowest BCUT2D eigenvalue weighted by atomic mass is 10.0. The van der Waals surface area contributed by atoms with Crippen LogP contribution in [0.3, 0.4) is 0 Å². The van der Waals surface area contributed by atoms with Gasteiger partial charge in [-0.1, -0.05) is 17.7 Å². The van der Waals surface area contributed by atoms with Crippen LogP contribution in [0.15, 0.2) is 34.7 Å². The number of fused-ring (bicyclic) bond motifs is 1. The fraction of sp³-hybridized carbons (Fsp3) is 0.467. The Morgan fingerprint density at radius 3 is 2.85 bits per heavy atom. The summed E-state index contributed by atoms with van der Waals surface area (Å²) in [7, 11) is -3.37. The predicted octanol–water partition coefficient (Wildman–Crippen LogP) is 2.39. The van der Waals surface area contributed by atoms with Crippen molar-refractivity contribution >= 4 is 15.7 Å². The summed E-state index contributed by atoms with van der Waals surface area (Å²) in [5.41, 5.74) is 3.45. The topological polar surface area (TPSA) is 49.4 Å². The van der Waals surface area contributed by atoms with E-state index in [0.29, 0.717) is 18.0 Å². The number of aryl methyl sites for hydroxylation is 1. The lowest BCUT2D eigenvalue weighted by Gasteiger charge is -2.26. The Hall–Kier alpha value is -1.33. The molecule has 0 spiro atoms. The van der Waals surface area contributed by atoms with Gasteiger partial charge in [-0.3, -0.25) is 0 Å². The van der Waals surface area contributed by atoms with E-state index in [1.54, 1.807) is 16.4 Å². The molecule has 2 aliphatic heterocycles. The summed E-state index contributed by atoms with van der Waals surface area (Å²) in [6.45, 7) is 4.03. The molecule has 0 radical (unpaired) electrons. The summed E-state index contributed by atoms with van der Waals surface area (Å²) in [5.74, 6) is 0. The van der Waals surface area contributed by atoms with Gasteiger partial charge in [0, 0.05) is 25.3 Å². The Labute approximate surface area is 120 Å². The second kappa shape index (κ2) is 5.22. The van der Waals surface area contributed by atoms with Gasteiger partial charge in [0.2, 0.25) is 10.0 Å². The molecule has 3 rings (SSSR count). The first-order chi connectivity index (χ1) is 9.57. The third-order valence-corrected chi connectivity index (χ3v) is 5.92. The third-order valence-electron chi connectivity index (χ3n) is 4.06. The Bertz CT molecular complexity index is 650. The van der Waals surface area contributed by atoms with Crippen molar-refractivity contribution in [2.75, 3.05) is 25.0 Å². The molecule has 0 amide bonds. The van der Waals surface area contributed by atoms with Gasteiger partial charge in [-0.2, -0.15) is 4.31 Å². The molecule has 4 nitrogen and oxygen atoms in total. The molecule has 1 aromatic rings. The second-order valence-electron chi connectivity index (χ2n) is 5.51. The molecule has 108 valence electrons. The number of sulfonamides is 1. The fourth-order valence-electron chi connectivity index (χ4n) is 2.72. The molecule has 0 aliphatic carbocycles. The number of nitrogens with one attached hydrogen (secondary N) is 1. The van der Waals surface area contributed by atoms with Gasteiger partial charge in [0.05, 0.1) is 4.90 Å². The maximum atomic E-state index is 12.6. The van der Waals surface area contributed by atoms with E-state index >= 15 is 0 Å². The summed E-state index contributed by atoms with van der Waals surface area (Å²) >= 11 is 0. The van der Waals surface area contributed by atoms with Crippen LogP contribution in [-0.4, -0.2) is 32.4 Å². The Balaban J connectivity index is 1.91. The highest BCUT2D eigenvalue weighted by molar-refractivity contribution is 7.89. The van der Waals surface area contributed by atoms with E-state index in [4.69, 9.17) is 0 Å². The zero-order valence-electron chi connectivity index (χ0n) is 11.7. The highest BCUT2D eigenvalue weighted by Crippen LogP contribution is 2.27. The lowest BCUT2D eigenvalue weighted by molar-refractivity contribution is 0.431. The van der Waals surface area contributed by atoms with Crippen LogP contribution in [0, 0.1) is 0 Å². The summed E-state index contributed by atoms with van der Waals surface area (Å²) in [4.78, 5) is 0.401. The van der Waals surface area contributed by atoms with Crippen LogP contribution in [-0.2, 0) is 16.4 Å². The zero-order valence-corrected chi connectivity index (χ0v) is 12.5. The van der Waals surface area contributed by atoms with E-state index in [2.05, 4.69) is 5.32 Å². The fourth-order valence-corrected chi connectivity index (χ4v) is 4.13. The van der Waals surface area contributed by atoms with Crippen molar-refractivity contribution in [3.05, 3.63) is 35.4 Å². The van der Waals surface area contributed by atoms with E-state index < -0.39 is 10.0 Å². The molecule has 2 heterocycles. The van der Waals surface area contributed by atoms with Gasteiger partial charge >= 0.3 is 0 Å². The maximum Gasteiger partial charge on any atom is 0.243 e. The molecule has 20 heavy (non-hydrogen) atoms. The molecule has 0 saturated heterocycles. The number of hydrogen-bond donors (Lipinski definition) is 1. The van der Waals surface area contributed by atoms with E-state index in [0.717, 1.165) is 31.5 Å². The van der Waals surface area contributed by atoms with Gasteiger partial charge in [0.25, 0.3) is 0 Å². The molecule has 0 fully saturated rings. The second-order valence-corrected chi connectivity index (χ2v) is 7.45. The van der Waals surface area contributed by atoms with Crippen LogP contribution in [0.25, 0.3) is 0 Å². The van der Waals surface area contributed by atoms with E-state index in [9.17, 15) is 8.42 Å². The molecule has 0 bridgehead atoms. The molecule has 1 aromatic carbocycles. The molecule has 1 N–H and O–H groups in total. The normalized spacial score (nSPS) is 19.9. The third kappa shape index (κ3) is 2.47. The average Bonchev–Trinajstić information content (AvgIpc) is 2.47. The van der Waals surface area contributed by atoms with Crippen molar-refractivity contribution in [3.8, 4) is 0 Å². The molecule has 0 aromatic heterocycles. The van der Waals surface area contributed by atoms with Gasteiger partial charge in [-0.25, -0.2) is 8.42 Å². The van der Waals surface area contributed by atoms with E-state index in [1.807, 2.05) is 19.1 Å². The zero-order chi connectivity index (χ0) is 14.2. The summed E-state index contributed by atoms with van der Waals surface area (Å²) in [6.07, 6.45) is 4.95.